The van der Waals surface area contributed by atoms with Crippen molar-refractivity contribution in [1.82, 2.24) is 4.98 Å². The molecule has 1 heterocycles. The van der Waals surface area contributed by atoms with Crippen LogP contribution in [0.15, 0.2) is 18.3 Å². The molecule has 11 heavy (non-hydrogen) atoms. The number of anilines is 1. The summed E-state index contributed by atoms with van der Waals surface area (Å²) in [6, 6.07) is 4.04. The van der Waals surface area contributed by atoms with Gasteiger partial charge in [0.25, 0.3) is 0 Å². The summed E-state index contributed by atoms with van der Waals surface area (Å²) in [5, 5.41) is 3.30. The molecule has 1 aromatic heterocycles. The lowest BCUT2D eigenvalue weighted by atomic mass is 10.3. The van der Waals surface area contributed by atoms with Gasteiger partial charge in [0.1, 0.15) is 0 Å². The predicted molar refractivity (Wildman–Crippen MR) is 47.8 cm³/mol. The van der Waals surface area contributed by atoms with Gasteiger partial charge < -0.3 is 5.32 Å². The predicted octanol–water partition coefficient (Wildman–Crippen LogP) is 2.21. The Hall–Kier alpha value is -1.05. The molecule has 0 bridgehead atoms. The van der Waals surface area contributed by atoms with Gasteiger partial charge in [-0.15, -0.1) is 0 Å². The standard InChI is InChI=1S/C9H14N2/c1-3-5-11-9-4-6-10-8(2)7-9/h4,6-7H,3,5H2,1-2H3,(H,10,11). The van der Waals surface area contributed by atoms with E-state index >= 15 is 0 Å². The van der Waals surface area contributed by atoms with Gasteiger partial charge in [0, 0.05) is 24.1 Å². The van der Waals surface area contributed by atoms with Crippen LogP contribution < -0.4 is 5.32 Å². The minimum absolute atomic E-state index is 1.03. The van der Waals surface area contributed by atoms with Gasteiger partial charge in [-0.05, 0) is 25.5 Å². The molecule has 0 aliphatic heterocycles. The van der Waals surface area contributed by atoms with E-state index in [4.69, 9.17) is 0 Å². The fourth-order valence-electron chi connectivity index (χ4n) is 0.925. The van der Waals surface area contributed by atoms with Crippen LogP contribution in [-0.4, -0.2) is 11.5 Å². The van der Waals surface area contributed by atoms with Crippen molar-refractivity contribution >= 4 is 5.69 Å². The molecule has 0 aliphatic carbocycles. The molecular weight excluding hydrogens is 136 g/mol. The fourth-order valence-corrected chi connectivity index (χ4v) is 0.925. The highest BCUT2D eigenvalue weighted by atomic mass is 14.9. The van der Waals surface area contributed by atoms with Crippen molar-refractivity contribution in [3.8, 4) is 0 Å². The molecule has 0 unspecified atom stereocenters. The van der Waals surface area contributed by atoms with E-state index in [1.54, 1.807) is 0 Å². The second kappa shape index (κ2) is 3.96. The molecule has 1 N–H and O–H groups in total. The SMILES string of the molecule is CCCNc1ccnc(C)c1. The maximum absolute atomic E-state index is 4.11. The molecule has 2 heteroatoms. The van der Waals surface area contributed by atoms with Crippen LogP contribution in [0, 0.1) is 6.92 Å². The van der Waals surface area contributed by atoms with Crippen molar-refractivity contribution in [1.29, 1.82) is 0 Å². The van der Waals surface area contributed by atoms with E-state index in [0.717, 1.165) is 18.7 Å². The van der Waals surface area contributed by atoms with E-state index < -0.39 is 0 Å². The number of nitrogens with one attached hydrogen (secondary N) is 1. The molecule has 0 atom stereocenters. The van der Waals surface area contributed by atoms with Crippen LogP contribution in [0.25, 0.3) is 0 Å². The van der Waals surface area contributed by atoms with Gasteiger partial charge in [-0.25, -0.2) is 0 Å². The first-order valence-electron chi connectivity index (χ1n) is 3.99. The van der Waals surface area contributed by atoms with E-state index in [0.29, 0.717) is 0 Å². The Bertz CT molecular complexity index is 221. The molecule has 0 aliphatic rings. The number of aryl methyl sites for hydroxylation is 1. The summed E-state index contributed by atoms with van der Waals surface area (Å²) in [5.41, 5.74) is 2.23. The monoisotopic (exact) mass is 150 g/mol. The van der Waals surface area contributed by atoms with Crippen LogP contribution in [0.5, 0.6) is 0 Å². The number of aromatic nitrogens is 1. The van der Waals surface area contributed by atoms with Gasteiger partial charge >= 0.3 is 0 Å². The van der Waals surface area contributed by atoms with E-state index in [9.17, 15) is 0 Å². The normalized spacial score (nSPS) is 9.64. The zero-order valence-corrected chi connectivity index (χ0v) is 7.09. The quantitative estimate of drug-likeness (QED) is 0.714. The number of pyridine rings is 1. The smallest absolute Gasteiger partial charge is 0.0393 e. The molecule has 1 rings (SSSR count). The minimum atomic E-state index is 1.03. The van der Waals surface area contributed by atoms with E-state index in [1.807, 2.05) is 19.2 Å². The Morgan fingerprint density at radius 2 is 2.36 bits per heavy atom. The van der Waals surface area contributed by atoms with Crippen molar-refractivity contribution in [2.24, 2.45) is 0 Å². The molecule has 0 amide bonds. The average Bonchev–Trinajstić information content (AvgIpc) is 2.01. The average molecular weight is 150 g/mol. The summed E-state index contributed by atoms with van der Waals surface area (Å²) in [4.78, 5) is 4.11. The third-order valence-corrected chi connectivity index (χ3v) is 1.48. The highest BCUT2D eigenvalue weighted by molar-refractivity contribution is 5.42. The molecule has 0 aromatic carbocycles. The van der Waals surface area contributed by atoms with Crippen molar-refractivity contribution in [2.75, 3.05) is 11.9 Å². The molecule has 0 saturated heterocycles. The topological polar surface area (TPSA) is 24.9 Å². The maximum Gasteiger partial charge on any atom is 0.0393 e. The summed E-state index contributed by atoms with van der Waals surface area (Å²) in [5.74, 6) is 0. The molecule has 0 radical (unpaired) electrons. The van der Waals surface area contributed by atoms with Crippen LogP contribution >= 0.6 is 0 Å². The van der Waals surface area contributed by atoms with Crippen LogP contribution in [0.4, 0.5) is 5.69 Å². The summed E-state index contributed by atoms with van der Waals surface area (Å²) in [6.45, 7) is 5.18. The van der Waals surface area contributed by atoms with Gasteiger partial charge in [0.2, 0.25) is 0 Å². The molecule has 0 saturated carbocycles. The maximum atomic E-state index is 4.11. The number of rotatable bonds is 3. The Kier molecular flexibility index (Phi) is 2.90. The number of hydrogen-bond donors (Lipinski definition) is 1. The summed E-state index contributed by atoms with van der Waals surface area (Å²) in [6.07, 6.45) is 2.98. The molecule has 0 spiro atoms. The van der Waals surface area contributed by atoms with Gasteiger partial charge in [-0.1, -0.05) is 6.92 Å². The second-order valence-corrected chi connectivity index (χ2v) is 2.61. The van der Waals surface area contributed by atoms with Crippen LogP contribution in [0.2, 0.25) is 0 Å². The van der Waals surface area contributed by atoms with Gasteiger partial charge in [0.05, 0.1) is 0 Å². The third-order valence-electron chi connectivity index (χ3n) is 1.48. The Balaban J connectivity index is 2.56. The first-order valence-corrected chi connectivity index (χ1v) is 3.99. The lowest BCUT2D eigenvalue weighted by Crippen LogP contribution is -1.99. The Morgan fingerprint density at radius 3 is 3.00 bits per heavy atom. The highest BCUT2D eigenvalue weighted by Crippen LogP contribution is 2.06. The zero-order valence-electron chi connectivity index (χ0n) is 7.09. The second-order valence-electron chi connectivity index (χ2n) is 2.61. The molecule has 60 valence electrons. The van der Waals surface area contributed by atoms with E-state index in [1.165, 1.54) is 5.69 Å². The molecule has 0 fully saturated rings. The van der Waals surface area contributed by atoms with Crippen molar-refractivity contribution in [3.63, 3.8) is 0 Å². The molecular formula is C9H14N2. The summed E-state index contributed by atoms with van der Waals surface area (Å²) < 4.78 is 0. The van der Waals surface area contributed by atoms with Crippen LogP contribution in [-0.2, 0) is 0 Å². The third kappa shape index (κ3) is 2.58. The van der Waals surface area contributed by atoms with E-state index in [2.05, 4.69) is 23.3 Å². The Labute approximate surface area is 67.7 Å². The summed E-state index contributed by atoms with van der Waals surface area (Å²) >= 11 is 0. The molecule has 2 nitrogen and oxygen atoms in total. The van der Waals surface area contributed by atoms with Crippen molar-refractivity contribution in [3.05, 3.63) is 24.0 Å². The largest absolute Gasteiger partial charge is 0.385 e. The first kappa shape index (κ1) is 8.05. The Morgan fingerprint density at radius 1 is 1.55 bits per heavy atom. The first-order chi connectivity index (χ1) is 5.33. The highest BCUT2D eigenvalue weighted by Gasteiger charge is 1.89. The zero-order chi connectivity index (χ0) is 8.10. The van der Waals surface area contributed by atoms with Crippen molar-refractivity contribution in [2.45, 2.75) is 20.3 Å². The van der Waals surface area contributed by atoms with Gasteiger partial charge in [-0.2, -0.15) is 0 Å². The fraction of sp³-hybridized carbons (Fsp3) is 0.444. The molecule has 1 aromatic rings. The number of nitrogens with zero attached hydrogens (tertiary/aromatic N) is 1. The van der Waals surface area contributed by atoms with Gasteiger partial charge in [-0.3, -0.25) is 4.98 Å². The minimum Gasteiger partial charge on any atom is -0.385 e. The van der Waals surface area contributed by atoms with E-state index in [-0.39, 0.29) is 0 Å². The van der Waals surface area contributed by atoms with Crippen LogP contribution in [0.3, 0.4) is 0 Å². The van der Waals surface area contributed by atoms with Crippen molar-refractivity contribution < 1.29 is 0 Å². The lowest BCUT2D eigenvalue weighted by Gasteiger charge is -2.03. The van der Waals surface area contributed by atoms with Gasteiger partial charge in [0.15, 0.2) is 0 Å². The lowest BCUT2D eigenvalue weighted by molar-refractivity contribution is 0.977. The number of hydrogen-bond acceptors (Lipinski definition) is 2. The van der Waals surface area contributed by atoms with Crippen LogP contribution in [0.1, 0.15) is 19.0 Å². The summed E-state index contributed by atoms with van der Waals surface area (Å²) in [7, 11) is 0.